The van der Waals surface area contributed by atoms with Gasteiger partial charge < -0.3 is 10.1 Å². The monoisotopic (exact) mass is 466 g/mol. The quantitative estimate of drug-likeness (QED) is 0.485. The lowest BCUT2D eigenvalue weighted by Gasteiger charge is -2.13. The normalized spacial score (nSPS) is 11.0. The minimum absolute atomic E-state index is 0.00715. The average molecular weight is 467 g/mol. The zero-order valence-electron chi connectivity index (χ0n) is 18.9. The highest BCUT2D eigenvalue weighted by molar-refractivity contribution is 7.92. The van der Waals surface area contributed by atoms with E-state index in [9.17, 15) is 18.0 Å². The second-order valence-corrected chi connectivity index (χ2v) is 9.31. The highest BCUT2D eigenvalue weighted by atomic mass is 32.2. The zero-order chi connectivity index (χ0) is 24.2. The Morgan fingerprint density at radius 2 is 1.48 bits per heavy atom. The van der Waals surface area contributed by atoms with Crippen molar-refractivity contribution < 1.29 is 22.7 Å². The van der Waals surface area contributed by atoms with E-state index in [-0.39, 0.29) is 17.1 Å². The molecule has 172 valence electrons. The molecule has 3 aromatic carbocycles. The van der Waals surface area contributed by atoms with Gasteiger partial charge in [-0.2, -0.15) is 0 Å². The Morgan fingerprint density at radius 1 is 0.848 bits per heavy atom. The van der Waals surface area contributed by atoms with Crippen molar-refractivity contribution in [3.05, 3.63) is 88.5 Å². The van der Waals surface area contributed by atoms with Gasteiger partial charge >= 0.3 is 5.97 Å². The molecule has 8 heteroatoms. The summed E-state index contributed by atoms with van der Waals surface area (Å²) in [5.74, 6) is -0.982. The number of carbonyl (C=O) groups excluding carboxylic acids is 2. The van der Waals surface area contributed by atoms with Crippen LogP contribution >= 0.6 is 0 Å². The molecule has 33 heavy (non-hydrogen) atoms. The van der Waals surface area contributed by atoms with E-state index in [1.54, 1.807) is 69.3 Å². The number of sulfonamides is 1. The van der Waals surface area contributed by atoms with Gasteiger partial charge in [0.05, 0.1) is 17.1 Å². The lowest BCUT2D eigenvalue weighted by molar-refractivity contribution is 0.0526. The van der Waals surface area contributed by atoms with Gasteiger partial charge in [-0.1, -0.05) is 29.8 Å². The summed E-state index contributed by atoms with van der Waals surface area (Å²) >= 11 is 0. The number of esters is 1. The lowest BCUT2D eigenvalue weighted by Crippen LogP contribution is -2.17. The summed E-state index contributed by atoms with van der Waals surface area (Å²) in [7, 11) is -3.91. The van der Waals surface area contributed by atoms with Crippen LogP contribution in [0.25, 0.3) is 0 Å². The summed E-state index contributed by atoms with van der Waals surface area (Å²) < 4.78 is 33.5. The Bertz CT molecular complexity index is 1300. The van der Waals surface area contributed by atoms with Crippen LogP contribution in [0, 0.1) is 20.8 Å². The van der Waals surface area contributed by atoms with Crippen molar-refractivity contribution in [3.63, 3.8) is 0 Å². The van der Waals surface area contributed by atoms with Crippen molar-refractivity contribution in [2.75, 3.05) is 16.6 Å². The molecule has 7 nitrogen and oxygen atoms in total. The molecule has 3 rings (SSSR count). The molecule has 0 aliphatic carbocycles. The van der Waals surface area contributed by atoms with Gasteiger partial charge in [-0.3, -0.25) is 9.52 Å². The van der Waals surface area contributed by atoms with Crippen LogP contribution in [0.2, 0.25) is 0 Å². The van der Waals surface area contributed by atoms with Crippen LogP contribution in [0.1, 0.15) is 44.3 Å². The summed E-state index contributed by atoms with van der Waals surface area (Å²) in [5, 5.41) is 2.76. The molecule has 0 unspecified atom stereocenters. The third-order valence-corrected chi connectivity index (χ3v) is 6.56. The molecule has 0 saturated heterocycles. The van der Waals surface area contributed by atoms with Crippen LogP contribution in [0.15, 0.2) is 65.6 Å². The van der Waals surface area contributed by atoms with Gasteiger partial charge in [0.15, 0.2) is 0 Å². The highest BCUT2D eigenvalue weighted by Gasteiger charge is 2.20. The van der Waals surface area contributed by atoms with E-state index in [2.05, 4.69) is 10.0 Å². The van der Waals surface area contributed by atoms with E-state index in [0.717, 1.165) is 11.1 Å². The Hall–Kier alpha value is -3.65. The van der Waals surface area contributed by atoms with Gasteiger partial charge in [-0.05, 0) is 75.2 Å². The summed E-state index contributed by atoms with van der Waals surface area (Å²) in [6.07, 6.45) is 0. The van der Waals surface area contributed by atoms with Gasteiger partial charge in [0.25, 0.3) is 15.9 Å². The number of ether oxygens (including phenoxy) is 1. The Kier molecular flexibility index (Phi) is 7.18. The van der Waals surface area contributed by atoms with Crippen molar-refractivity contribution >= 4 is 33.3 Å². The first kappa shape index (κ1) is 24.0. The third kappa shape index (κ3) is 5.78. The number of hydrogen-bond donors (Lipinski definition) is 2. The summed E-state index contributed by atoms with van der Waals surface area (Å²) in [6.45, 7) is 7.32. The van der Waals surface area contributed by atoms with E-state index in [1.165, 1.54) is 12.1 Å². The number of amides is 1. The highest BCUT2D eigenvalue weighted by Crippen LogP contribution is 2.23. The molecule has 0 atom stereocenters. The van der Waals surface area contributed by atoms with E-state index in [4.69, 9.17) is 4.74 Å². The first-order valence-corrected chi connectivity index (χ1v) is 11.9. The average Bonchev–Trinajstić information content (AvgIpc) is 2.77. The smallest absolute Gasteiger partial charge is 0.338 e. The van der Waals surface area contributed by atoms with Gasteiger partial charge in [0.1, 0.15) is 0 Å². The van der Waals surface area contributed by atoms with E-state index in [1.807, 2.05) is 6.92 Å². The van der Waals surface area contributed by atoms with Gasteiger partial charge in [-0.25, -0.2) is 13.2 Å². The number of nitrogens with one attached hydrogen (secondary N) is 2. The molecule has 0 aromatic heterocycles. The van der Waals surface area contributed by atoms with Gasteiger partial charge in [0, 0.05) is 16.9 Å². The predicted octanol–water partition coefficient (Wildman–Crippen LogP) is 4.84. The van der Waals surface area contributed by atoms with Gasteiger partial charge in [0.2, 0.25) is 0 Å². The number of hydrogen-bond acceptors (Lipinski definition) is 5. The summed E-state index contributed by atoms with van der Waals surface area (Å²) in [6, 6.07) is 16.3. The topological polar surface area (TPSA) is 102 Å². The molecule has 0 heterocycles. The number of anilines is 2. The maximum atomic E-state index is 13.0. The molecule has 1 amide bonds. The number of carbonyl (C=O) groups is 2. The third-order valence-electron chi connectivity index (χ3n) is 5.04. The van der Waals surface area contributed by atoms with Crippen LogP contribution in [0.5, 0.6) is 0 Å². The van der Waals surface area contributed by atoms with Crippen molar-refractivity contribution in [1.82, 2.24) is 0 Å². The van der Waals surface area contributed by atoms with E-state index >= 15 is 0 Å². The molecular formula is C25H26N2O5S. The lowest BCUT2D eigenvalue weighted by atomic mass is 10.1. The molecule has 0 aliphatic heterocycles. The molecule has 0 aliphatic rings. The van der Waals surface area contributed by atoms with E-state index < -0.39 is 21.9 Å². The molecule has 0 fully saturated rings. The summed E-state index contributed by atoms with van der Waals surface area (Å²) in [5.41, 5.74) is 3.62. The fourth-order valence-electron chi connectivity index (χ4n) is 3.16. The van der Waals surface area contributed by atoms with Crippen LogP contribution in [0.3, 0.4) is 0 Å². The standard InChI is InChI=1S/C25H26N2O5S/c1-5-32-25(29)20-11-8-17(3)22(14-20)26-24(28)19-10-9-18(4)23(15-19)33(30,31)27-21-12-6-16(2)7-13-21/h6-15,27H,5H2,1-4H3,(H,26,28). The second-order valence-electron chi connectivity index (χ2n) is 7.66. The number of aryl methyl sites for hydroxylation is 3. The SMILES string of the molecule is CCOC(=O)c1ccc(C)c(NC(=O)c2ccc(C)c(S(=O)(=O)Nc3ccc(C)cc3)c2)c1. The number of rotatable bonds is 7. The Labute approximate surface area is 193 Å². The minimum atomic E-state index is -3.91. The van der Waals surface area contributed by atoms with Crippen LogP contribution in [-0.4, -0.2) is 26.9 Å². The first-order valence-electron chi connectivity index (χ1n) is 10.4. The fraction of sp³-hybridized carbons (Fsp3) is 0.200. The molecule has 0 radical (unpaired) electrons. The van der Waals surface area contributed by atoms with Crippen LogP contribution < -0.4 is 10.0 Å². The molecular weight excluding hydrogens is 440 g/mol. The number of benzene rings is 3. The maximum Gasteiger partial charge on any atom is 0.338 e. The second kappa shape index (κ2) is 9.87. The van der Waals surface area contributed by atoms with Crippen molar-refractivity contribution in [3.8, 4) is 0 Å². The summed E-state index contributed by atoms with van der Waals surface area (Å²) in [4.78, 5) is 24.9. The minimum Gasteiger partial charge on any atom is -0.462 e. The predicted molar refractivity (Wildman–Crippen MR) is 128 cm³/mol. The maximum absolute atomic E-state index is 13.0. The van der Waals surface area contributed by atoms with Crippen molar-refractivity contribution in [2.45, 2.75) is 32.6 Å². The fourth-order valence-corrected chi connectivity index (χ4v) is 4.49. The molecule has 0 bridgehead atoms. The Balaban J connectivity index is 1.87. The largest absolute Gasteiger partial charge is 0.462 e. The zero-order valence-corrected chi connectivity index (χ0v) is 19.7. The van der Waals surface area contributed by atoms with Crippen LogP contribution in [-0.2, 0) is 14.8 Å². The van der Waals surface area contributed by atoms with Crippen LogP contribution in [0.4, 0.5) is 11.4 Å². The molecule has 0 spiro atoms. The van der Waals surface area contributed by atoms with E-state index in [0.29, 0.717) is 22.5 Å². The van der Waals surface area contributed by atoms with Crippen molar-refractivity contribution in [2.24, 2.45) is 0 Å². The molecule has 3 aromatic rings. The first-order chi connectivity index (χ1) is 15.6. The molecule has 0 saturated carbocycles. The molecule has 2 N–H and O–H groups in total. The van der Waals surface area contributed by atoms with Crippen molar-refractivity contribution in [1.29, 1.82) is 0 Å². The Morgan fingerprint density at radius 3 is 2.15 bits per heavy atom. The van der Waals surface area contributed by atoms with Gasteiger partial charge in [-0.15, -0.1) is 0 Å².